The molecule has 8 aromatic carbocycles. The third-order valence-corrected chi connectivity index (χ3v) is 9.71. The molecule has 1 nitrogen and oxygen atoms in total. The van der Waals surface area contributed by atoms with Gasteiger partial charge in [0.15, 0.2) is 0 Å². The van der Waals surface area contributed by atoms with Gasteiger partial charge < -0.3 is 4.90 Å². The maximum atomic E-state index is 2.41. The van der Waals surface area contributed by atoms with Crippen LogP contribution < -0.4 is 4.90 Å². The molecule has 0 saturated carbocycles. The number of hydrogen-bond acceptors (Lipinski definition) is 2. The minimum absolute atomic E-state index is 1.14. The van der Waals surface area contributed by atoms with Crippen LogP contribution in [0.5, 0.6) is 0 Å². The van der Waals surface area contributed by atoms with E-state index in [0.29, 0.717) is 0 Å². The molecular weight excluding hydrogens is 527 g/mol. The molecule has 9 aromatic rings. The summed E-state index contributed by atoms with van der Waals surface area (Å²) in [5, 5.41) is 12.8. The van der Waals surface area contributed by atoms with Crippen molar-refractivity contribution in [2.45, 2.75) is 0 Å². The first-order valence-electron chi connectivity index (χ1n) is 14.4. The first-order chi connectivity index (χ1) is 20.8. The van der Waals surface area contributed by atoms with Crippen molar-refractivity contribution in [1.82, 2.24) is 0 Å². The average Bonchev–Trinajstić information content (AvgIpc) is 3.41. The van der Waals surface area contributed by atoms with Gasteiger partial charge in [-0.05, 0) is 86.2 Å². The van der Waals surface area contributed by atoms with Gasteiger partial charge in [-0.2, -0.15) is 0 Å². The fourth-order valence-corrected chi connectivity index (χ4v) is 7.78. The summed E-state index contributed by atoms with van der Waals surface area (Å²) in [7, 11) is 0. The molecule has 0 spiro atoms. The van der Waals surface area contributed by atoms with Crippen LogP contribution in [0.1, 0.15) is 0 Å². The highest BCUT2D eigenvalue weighted by atomic mass is 32.1. The van der Waals surface area contributed by atoms with Gasteiger partial charge in [0.25, 0.3) is 0 Å². The molecule has 0 bridgehead atoms. The molecule has 0 aliphatic carbocycles. The molecule has 0 fully saturated rings. The number of rotatable bonds is 3. The molecule has 2 heteroatoms. The van der Waals surface area contributed by atoms with Crippen molar-refractivity contribution in [3.8, 4) is 0 Å². The zero-order valence-electron chi connectivity index (χ0n) is 22.8. The Morgan fingerprint density at radius 3 is 2.02 bits per heavy atom. The van der Waals surface area contributed by atoms with Gasteiger partial charge >= 0.3 is 0 Å². The third-order valence-electron chi connectivity index (χ3n) is 8.58. The van der Waals surface area contributed by atoms with E-state index in [-0.39, 0.29) is 0 Å². The second kappa shape index (κ2) is 9.17. The standard InChI is InChI=1S/C40H25NS/c1-2-10-30(11-3-1)41(31-21-19-28-25-39-36(24-29(28)23-31)34-13-6-7-16-38(34)42-39)37-15-8-14-35-33(37)22-20-27-18-17-26-9-4-5-12-32(26)40(27)35/h1-25H. The van der Waals surface area contributed by atoms with Gasteiger partial charge in [-0.25, -0.2) is 0 Å². The van der Waals surface area contributed by atoms with Gasteiger partial charge in [0.05, 0.1) is 5.69 Å². The van der Waals surface area contributed by atoms with E-state index in [1.807, 2.05) is 11.3 Å². The Morgan fingerprint density at radius 2 is 1.10 bits per heavy atom. The zero-order chi connectivity index (χ0) is 27.6. The van der Waals surface area contributed by atoms with Crippen molar-refractivity contribution in [2.75, 3.05) is 4.90 Å². The van der Waals surface area contributed by atoms with E-state index in [9.17, 15) is 0 Å². The number of anilines is 3. The predicted octanol–water partition coefficient (Wildman–Crippen LogP) is 12.1. The van der Waals surface area contributed by atoms with Gasteiger partial charge in [-0.15, -0.1) is 11.3 Å². The van der Waals surface area contributed by atoms with Crippen molar-refractivity contribution in [3.63, 3.8) is 0 Å². The van der Waals surface area contributed by atoms with E-state index in [4.69, 9.17) is 0 Å². The van der Waals surface area contributed by atoms with E-state index in [1.54, 1.807) is 0 Å². The summed E-state index contributed by atoms with van der Waals surface area (Å²) >= 11 is 1.87. The Bertz CT molecular complexity index is 2470. The van der Waals surface area contributed by atoms with Crippen LogP contribution >= 0.6 is 11.3 Å². The summed E-state index contributed by atoms with van der Waals surface area (Å²) in [6.07, 6.45) is 0. The van der Waals surface area contributed by atoms with E-state index in [2.05, 4.69) is 157 Å². The van der Waals surface area contributed by atoms with E-state index in [1.165, 1.54) is 68.9 Å². The molecule has 0 saturated heterocycles. The number of thiophene rings is 1. The molecule has 0 aliphatic heterocycles. The molecule has 0 aliphatic rings. The van der Waals surface area contributed by atoms with E-state index >= 15 is 0 Å². The molecule has 9 rings (SSSR count). The first-order valence-corrected chi connectivity index (χ1v) is 15.2. The maximum absolute atomic E-state index is 2.41. The van der Waals surface area contributed by atoms with Crippen LogP contribution in [0.4, 0.5) is 17.1 Å². The topological polar surface area (TPSA) is 3.24 Å². The van der Waals surface area contributed by atoms with Crippen LogP contribution in [0.3, 0.4) is 0 Å². The summed E-state index contributed by atoms with van der Waals surface area (Å²) in [5.74, 6) is 0. The van der Waals surface area contributed by atoms with E-state index in [0.717, 1.165) is 11.4 Å². The SMILES string of the molecule is c1ccc(N(c2ccc3cc4sc5ccccc5c4cc3c2)c2cccc3c2ccc2ccc4ccccc4c23)cc1. The molecule has 0 unspecified atom stereocenters. The summed E-state index contributed by atoms with van der Waals surface area (Å²) in [4.78, 5) is 2.41. The second-order valence-electron chi connectivity index (χ2n) is 11.0. The highest BCUT2D eigenvalue weighted by Gasteiger charge is 2.17. The average molecular weight is 552 g/mol. The molecule has 1 aromatic heterocycles. The number of benzene rings is 8. The molecular formula is C40H25NS. The minimum atomic E-state index is 1.14. The highest BCUT2D eigenvalue weighted by molar-refractivity contribution is 7.25. The number of nitrogens with zero attached hydrogens (tertiary/aromatic N) is 1. The van der Waals surface area contributed by atoms with Gasteiger partial charge in [0, 0.05) is 36.9 Å². The Morgan fingerprint density at radius 1 is 0.357 bits per heavy atom. The van der Waals surface area contributed by atoms with Gasteiger partial charge in [-0.1, -0.05) is 103 Å². The molecule has 42 heavy (non-hydrogen) atoms. The number of para-hydroxylation sites is 1. The van der Waals surface area contributed by atoms with Gasteiger partial charge in [-0.3, -0.25) is 0 Å². The summed E-state index contributed by atoms with van der Waals surface area (Å²) in [6, 6.07) is 55.6. The van der Waals surface area contributed by atoms with Crippen LogP contribution in [-0.4, -0.2) is 0 Å². The normalized spacial score (nSPS) is 11.8. The molecule has 196 valence electrons. The smallest absolute Gasteiger partial charge is 0.0540 e. The van der Waals surface area contributed by atoms with Crippen molar-refractivity contribution < 1.29 is 0 Å². The fraction of sp³-hybridized carbons (Fsp3) is 0. The van der Waals surface area contributed by atoms with Crippen LogP contribution in [-0.2, 0) is 0 Å². The molecule has 0 amide bonds. The van der Waals surface area contributed by atoms with Gasteiger partial charge in [0.2, 0.25) is 0 Å². The molecule has 0 atom stereocenters. The fourth-order valence-electron chi connectivity index (χ4n) is 6.64. The maximum Gasteiger partial charge on any atom is 0.0540 e. The molecule has 1 heterocycles. The van der Waals surface area contributed by atoms with Crippen LogP contribution in [0.15, 0.2) is 152 Å². The van der Waals surface area contributed by atoms with Crippen molar-refractivity contribution >= 4 is 91.7 Å². The second-order valence-corrected chi connectivity index (χ2v) is 12.1. The Balaban J connectivity index is 1.32. The lowest BCUT2D eigenvalue weighted by Crippen LogP contribution is -2.10. The van der Waals surface area contributed by atoms with Crippen LogP contribution in [0.2, 0.25) is 0 Å². The monoisotopic (exact) mass is 551 g/mol. The van der Waals surface area contributed by atoms with Crippen molar-refractivity contribution in [3.05, 3.63) is 152 Å². The van der Waals surface area contributed by atoms with Crippen molar-refractivity contribution in [2.24, 2.45) is 0 Å². The summed E-state index contributed by atoms with van der Waals surface area (Å²) in [5.41, 5.74) is 3.47. The van der Waals surface area contributed by atoms with Crippen LogP contribution in [0.25, 0.3) is 63.3 Å². The van der Waals surface area contributed by atoms with E-state index < -0.39 is 0 Å². The summed E-state index contributed by atoms with van der Waals surface area (Å²) in [6.45, 7) is 0. The minimum Gasteiger partial charge on any atom is -0.310 e. The largest absolute Gasteiger partial charge is 0.310 e. The quantitative estimate of drug-likeness (QED) is 0.197. The Labute approximate surface area is 247 Å². The predicted molar refractivity (Wildman–Crippen MR) is 184 cm³/mol. The first kappa shape index (κ1) is 23.5. The Hall–Kier alpha value is -5.18. The third kappa shape index (κ3) is 3.56. The number of fused-ring (bicyclic) bond motifs is 9. The van der Waals surface area contributed by atoms with Gasteiger partial charge in [0.1, 0.15) is 0 Å². The lowest BCUT2D eigenvalue weighted by atomic mass is 9.95. The van der Waals surface area contributed by atoms with Crippen molar-refractivity contribution in [1.29, 1.82) is 0 Å². The zero-order valence-corrected chi connectivity index (χ0v) is 23.6. The molecule has 0 N–H and O–H groups in total. The molecule has 0 radical (unpaired) electrons. The summed E-state index contributed by atoms with van der Waals surface area (Å²) < 4.78 is 2.67. The lowest BCUT2D eigenvalue weighted by Gasteiger charge is -2.27. The number of hydrogen-bond donors (Lipinski definition) is 0. The lowest BCUT2D eigenvalue weighted by molar-refractivity contribution is 1.30. The Kier molecular flexibility index (Phi) is 5.13. The van der Waals surface area contributed by atoms with Crippen LogP contribution in [0, 0.1) is 0 Å². The highest BCUT2D eigenvalue weighted by Crippen LogP contribution is 2.43.